The molecule has 0 atom stereocenters. The first-order valence-electron chi connectivity index (χ1n) is 5.97. The molecular formula is C13H16N2O3. The summed E-state index contributed by atoms with van der Waals surface area (Å²) >= 11 is 0. The minimum absolute atomic E-state index is 0.0378. The lowest BCUT2D eigenvalue weighted by Crippen LogP contribution is -2.34. The molecule has 1 aliphatic carbocycles. The minimum Gasteiger partial charge on any atom is -0.478 e. The summed E-state index contributed by atoms with van der Waals surface area (Å²) in [6.07, 6.45) is 2.31. The number of carboxylic acid groups (broad SMARTS) is 1. The first kappa shape index (κ1) is 12.6. The predicted molar refractivity (Wildman–Crippen MR) is 66.3 cm³/mol. The fourth-order valence-electron chi connectivity index (χ4n) is 1.55. The van der Waals surface area contributed by atoms with Gasteiger partial charge >= 0.3 is 5.97 Å². The monoisotopic (exact) mass is 248 g/mol. The molecule has 1 saturated carbocycles. The summed E-state index contributed by atoms with van der Waals surface area (Å²) in [6, 6.07) is 7.00. The molecule has 5 nitrogen and oxygen atoms in total. The van der Waals surface area contributed by atoms with Gasteiger partial charge in [-0.3, -0.25) is 4.79 Å². The highest BCUT2D eigenvalue weighted by Gasteiger charge is 2.20. The van der Waals surface area contributed by atoms with Gasteiger partial charge in [0, 0.05) is 12.6 Å². The van der Waals surface area contributed by atoms with E-state index in [0.717, 1.165) is 18.4 Å². The van der Waals surface area contributed by atoms with Gasteiger partial charge in [-0.2, -0.15) is 0 Å². The number of amides is 1. The quantitative estimate of drug-likeness (QED) is 0.694. The summed E-state index contributed by atoms with van der Waals surface area (Å²) in [5.41, 5.74) is 1.14. The smallest absolute Gasteiger partial charge is 0.335 e. The summed E-state index contributed by atoms with van der Waals surface area (Å²) in [5.74, 6) is -0.983. The number of hydrogen-bond acceptors (Lipinski definition) is 3. The van der Waals surface area contributed by atoms with Gasteiger partial charge in [0.25, 0.3) is 0 Å². The number of hydrogen-bond donors (Lipinski definition) is 3. The summed E-state index contributed by atoms with van der Waals surface area (Å²) < 4.78 is 0. The SMILES string of the molecule is O=C(CNC1CC1)NCc1ccc(C(=O)O)cc1. The highest BCUT2D eigenvalue weighted by atomic mass is 16.4. The third-order valence-corrected chi connectivity index (χ3v) is 2.82. The summed E-state index contributed by atoms with van der Waals surface area (Å²) in [6.45, 7) is 0.767. The maximum atomic E-state index is 11.5. The van der Waals surface area contributed by atoms with Crippen molar-refractivity contribution in [2.45, 2.75) is 25.4 Å². The number of aromatic carboxylic acids is 1. The number of benzene rings is 1. The van der Waals surface area contributed by atoms with E-state index in [1.807, 2.05) is 0 Å². The molecule has 1 aliphatic rings. The van der Waals surface area contributed by atoms with E-state index in [1.165, 1.54) is 12.1 Å². The minimum atomic E-state index is -0.945. The molecule has 3 N–H and O–H groups in total. The van der Waals surface area contributed by atoms with Crippen molar-refractivity contribution in [3.63, 3.8) is 0 Å². The maximum Gasteiger partial charge on any atom is 0.335 e. The van der Waals surface area contributed by atoms with Crippen molar-refractivity contribution < 1.29 is 14.7 Å². The molecule has 96 valence electrons. The van der Waals surface area contributed by atoms with Crippen LogP contribution in [0, 0.1) is 0 Å². The van der Waals surface area contributed by atoms with Gasteiger partial charge in [-0.1, -0.05) is 12.1 Å². The predicted octanol–water partition coefficient (Wildman–Crippen LogP) is 0.753. The van der Waals surface area contributed by atoms with Crippen molar-refractivity contribution in [1.29, 1.82) is 0 Å². The highest BCUT2D eigenvalue weighted by molar-refractivity contribution is 5.87. The van der Waals surface area contributed by atoms with Crippen LogP contribution < -0.4 is 10.6 Å². The second-order valence-electron chi connectivity index (χ2n) is 4.43. The largest absolute Gasteiger partial charge is 0.478 e. The Morgan fingerprint density at radius 3 is 2.44 bits per heavy atom. The van der Waals surface area contributed by atoms with E-state index < -0.39 is 5.97 Å². The molecule has 0 bridgehead atoms. The molecule has 0 radical (unpaired) electrons. The van der Waals surface area contributed by atoms with Crippen LogP contribution in [0.1, 0.15) is 28.8 Å². The van der Waals surface area contributed by atoms with E-state index in [0.29, 0.717) is 19.1 Å². The molecule has 0 spiro atoms. The number of carboxylic acids is 1. The number of carbonyl (C=O) groups is 2. The van der Waals surface area contributed by atoms with Crippen molar-refractivity contribution >= 4 is 11.9 Å². The van der Waals surface area contributed by atoms with E-state index >= 15 is 0 Å². The fraction of sp³-hybridized carbons (Fsp3) is 0.385. The Morgan fingerprint density at radius 1 is 1.22 bits per heavy atom. The molecule has 1 amide bonds. The van der Waals surface area contributed by atoms with Crippen molar-refractivity contribution in [2.75, 3.05) is 6.54 Å². The van der Waals surface area contributed by atoms with Crippen LogP contribution in [0.5, 0.6) is 0 Å². The van der Waals surface area contributed by atoms with Gasteiger partial charge in [0.2, 0.25) is 5.91 Å². The van der Waals surface area contributed by atoms with Crippen LogP contribution in [0.2, 0.25) is 0 Å². The summed E-state index contributed by atoms with van der Waals surface area (Å²) in [7, 11) is 0. The van der Waals surface area contributed by atoms with Crippen LogP contribution in [0.3, 0.4) is 0 Å². The van der Waals surface area contributed by atoms with Crippen LogP contribution in [-0.2, 0) is 11.3 Å². The molecule has 0 saturated heterocycles. The second-order valence-corrected chi connectivity index (χ2v) is 4.43. The zero-order valence-corrected chi connectivity index (χ0v) is 9.98. The van der Waals surface area contributed by atoms with E-state index in [1.54, 1.807) is 12.1 Å². The molecule has 0 heterocycles. The normalized spacial score (nSPS) is 14.2. The molecule has 1 fully saturated rings. The maximum absolute atomic E-state index is 11.5. The van der Waals surface area contributed by atoms with Crippen LogP contribution in [-0.4, -0.2) is 29.6 Å². The Kier molecular flexibility index (Phi) is 3.94. The van der Waals surface area contributed by atoms with Gasteiger partial charge < -0.3 is 15.7 Å². The Labute approximate surface area is 105 Å². The summed E-state index contributed by atoms with van der Waals surface area (Å²) in [4.78, 5) is 22.1. The Morgan fingerprint density at radius 2 is 1.89 bits per heavy atom. The van der Waals surface area contributed by atoms with Crippen molar-refractivity contribution in [3.8, 4) is 0 Å². The standard InChI is InChI=1S/C13H16N2O3/c16-12(8-14-11-5-6-11)15-7-9-1-3-10(4-2-9)13(17)18/h1-4,11,14H,5-8H2,(H,15,16)(H,17,18). The van der Waals surface area contributed by atoms with Gasteiger partial charge in [0.15, 0.2) is 0 Å². The van der Waals surface area contributed by atoms with Crippen LogP contribution >= 0.6 is 0 Å². The van der Waals surface area contributed by atoms with E-state index in [-0.39, 0.29) is 11.5 Å². The topological polar surface area (TPSA) is 78.4 Å². The first-order chi connectivity index (χ1) is 8.65. The molecule has 0 aliphatic heterocycles. The molecule has 5 heteroatoms. The van der Waals surface area contributed by atoms with Crippen LogP contribution in [0.15, 0.2) is 24.3 Å². The molecule has 0 aromatic heterocycles. The van der Waals surface area contributed by atoms with Crippen molar-refractivity contribution in [1.82, 2.24) is 10.6 Å². The van der Waals surface area contributed by atoms with E-state index in [9.17, 15) is 9.59 Å². The lowest BCUT2D eigenvalue weighted by atomic mass is 10.1. The molecule has 1 aromatic carbocycles. The van der Waals surface area contributed by atoms with Gasteiger partial charge in [-0.15, -0.1) is 0 Å². The second kappa shape index (κ2) is 5.64. The third kappa shape index (κ3) is 3.85. The molecule has 0 unspecified atom stereocenters. The zero-order chi connectivity index (χ0) is 13.0. The van der Waals surface area contributed by atoms with Crippen molar-refractivity contribution in [3.05, 3.63) is 35.4 Å². The average molecular weight is 248 g/mol. The summed E-state index contributed by atoms with van der Waals surface area (Å²) in [5, 5.41) is 14.7. The molecular weight excluding hydrogens is 232 g/mol. The van der Waals surface area contributed by atoms with Crippen LogP contribution in [0.25, 0.3) is 0 Å². The van der Waals surface area contributed by atoms with Gasteiger partial charge in [0.05, 0.1) is 12.1 Å². The van der Waals surface area contributed by atoms with Gasteiger partial charge in [-0.05, 0) is 30.5 Å². The highest BCUT2D eigenvalue weighted by Crippen LogP contribution is 2.17. The third-order valence-electron chi connectivity index (χ3n) is 2.82. The Hall–Kier alpha value is -1.88. The van der Waals surface area contributed by atoms with Crippen LogP contribution in [0.4, 0.5) is 0 Å². The lowest BCUT2D eigenvalue weighted by Gasteiger charge is -2.06. The van der Waals surface area contributed by atoms with Gasteiger partial charge in [0.1, 0.15) is 0 Å². The molecule has 2 rings (SSSR count). The first-order valence-corrected chi connectivity index (χ1v) is 5.97. The Bertz CT molecular complexity index is 438. The fourth-order valence-corrected chi connectivity index (χ4v) is 1.55. The zero-order valence-electron chi connectivity index (χ0n) is 9.98. The number of nitrogens with one attached hydrogen (secondary N) is 2. The molecule has 18 heavy (non-hydrogen) atoms. The van der Waals surface area contributed by atoms with E-state index in [4.69, 9.17) is 5.11 Å². The molecule has 1 aromatic rings. The number of rotatable bonds is 6. The Balaban J connectivity index is 1.74. The lowest BCUT2D eigenvalue weighted by molar-refractivity contribution is -0.120. The van der Waals surface area contributed by atoms with Gasteiger partial charge in [-0.25, -0.2) is 4.79 Å². The number of carbonyl (C=O) groups excluding carboxylic acids is 1. The van der Waals surface area contributed by atoms with E-state index in [2.05, 4.69) is 10.6 Å². The van der Waals surface area contributed by atoms with Crippen molar-refractivity contribution in [2.24, 2.45) is 0 Å². The average Bonchev–Trinajstić information content (AvgIpc) is 3.18.